The number of rotatable bonds is 4. The van der Waals surface area contributed by atoms with Crippen LogP contribution in [0.25, 0.3) is 0 Å². The summed E-state index contributed by atoms with van der Waals surface area (Å²) in [7, 11) is 0. The number of nitrogens with zero attached hydrogens (tertiary/aromatic N) is 2. The van der Waals surface area contributed by atoms with E-state index in [0.29, 0.717) is 12.5 Å². The summed E-state index contributed by atoms with van der Waals surface area (Å²) in [5, 5.41) is 6.37. The Bertz CT molecular complexity index is 407. The van der Waals surface area contributed by atoms with Gasteiger partial charge in [-0.1, -0.05) is 0 Å². The van der Waals surface area contributed by atoms with Crippen LogP contribution in [0.2, 0.25) is 0 Å². The minimum absolute atomic E-state index is 0. The number of halogens is 3. The van der Waals surface area contributed by atoms with Crippen molar-refractivity contribution in [3.63, 3.8) is 0 Å². The zero-order chi connectivity index (χ0) is 13.8. The maximum Gasteiger partial charge on any atom is 0.266 e. The number of morpholine rings is 1. The van der Waals surface area contributed by atoms with Gasteiger partial charge in [0, 0.05) is 25.5 Å². The molecule has 0 aromatic carbocycles. The van der Waals surface area contributed by atoms with Gasteiger partial charge in [-0.05, 0) is 13.8 Å². The van der Waals surface area contributed by atoms with Crippen LogP contribution in [-0.2, 0) is 4.74 Å². The average Bonchev–Trinajstić information content (AvgIpc) is 2.38. The number of anilines is 1. The normalized spacial score (nSPS) is 26.1. The third-order valence-electron chi connectivity index (χ3n) is 3.08. The molecule has 1 aliphatic heterocycles. The fourth-order valence-corrected chi connectivity index (χ4v) is 1.97. The molecule has 2 N–H and O–H groups in total. The van der Waals surface area contributed by atoms with Crippen molar-refractivity contribution in [2.45, 2.75) is 38.5 Å². The molecule has 3 atom stereocenters. The Balaban J connectivity index is 0.00000200. The lowest BCUT2D eigenvalue weighted by Gasteiger charge is -2.34. The monoisotopic (exact) mass is 308 g/mol. The summed E-state index contributed by atoms with van der Waals surface area (Å²) < 4.78 is 30.4. The molecule has 2 heterocycles. The van der Waals surface area contributed by atoms with Gasteiger partial charge in [-0.15, -0.1) is 12.4 Å². The van der Waals surface area contributed by atoms with E-state index < -0.39 is 6.43 Å². The molecule has 20 heavy (non-hydrogen) atoms. The summed E-state index contributed by atoms with van der Waals surface area (Å²) in [5.41, 5.74) is -0.174. The molecule has 1 aromatic heterocycles. The number of nitrogens with one attached hydrogen (secondary N) is 2. The lowest BCUT2D eigenvalue weighted by molar-refractivity contribution is -0.0407. The summed E-state index contributed by atoms with van der Waals surface area (Å²) in [6, 6.07) is 0.148. The predicted molar refractivity (Wildman–Crippen MR) is 74.5 cm³/mol. The zero-order valence-electron chi connectivity index (χ0n) is 11.3. The molecular formula is C12H19ClF2N4O. The van der Waals surface area contributed by atoms with E-state index in [0.717, 1.165) is 18.9 Å². The molecule has 2 rings (SSSR count). The fourth-order valence-electron chi connectivity index (χ4n) is 1.97. The third-order valence-corrected chi connectivity index (χ3v) is 3.08. The Morgan fingerprint density at radius 2 is 2.05 bits per heavy atom. The molecule has 0 bridgehead atoms. The summed E-state index contributed by atoms with van der Waals surface area (Å²) >= 11 is 0. The van der Waals surface area contributed by atoms with Crippen LogP contribution in [0.3, 0.4) is 0 Å². The molecule has 0 amide bonds. The summed E-state index contributed by atoms with van der Waals surface area (Å²) in [6.45, 7) is 5.39. The second kappa shape index (κ2) is 7.66. The van der Waals surface area contributed by atoms with E-state index in [1.54, 1.807) is 0 Å². The molecule has 1 aromatic rings. The molecule has 0 unspecified atom stereocenters. The van der Waals surface area contributed by atoms with E-state index in [1.807, 2.05) is 13.8 Å². The van der Waals surface area contributed by atoms with E-state index in [1.165, 1.54) is 0 Å². The van der Waals surface area contributed by atoms with Crippen molar-refractivity contribution in [1.29, 1.82) is 0 Å². The maximum absolute atomic E-state index is 12.3. The highest BCUT2D eigenvalue weighted by atomic mass is 35.5. The fraction of sp³-hybridized carbons (Fsp3) is 0.667. The first kappa shape index (κ1) is 17.0. The molecule has 1 saturated heterocycles. The predicted octanol–water partition coefficient (Wildman–Crippen LogP) is 2.01. The topological polar surface area (TPSA) is 59.1 Å². The molecule has 1 aliphatic rings. The number of ether oxygens (including phenoxy) is 1. The van der Waals surface area contributed by atoms with Crippen LogP contribution >= 0.6 is 12.4 Å². The third kappa shape index (κ3) is 4.50. The van der Waals surface area contributed by atoms with Gasteiger partial charge < -0.3 is 15.4 Å². The highest BCUT2D eigenvalue weighted by molar-refractivity contribution is 5.85. The lowest BCUT2D eigenvalue weighted by atomic mass is 10.1. The van der Waals surface area contributed by atoms with Crippen LogP contribution in [0.4, 0.5) is 14.7 Å². The molecule has 0 aliphatic carbocycles. The molecular weight excluding hydrogens is 290 g/mol. The first-order valence-electron chi connectivity index (χ1n) is 6.29. The average molecular weight is 309 g/mol. The van der Waals surface area contributed by atoms with Crippen molar-refractivity contribution in [3.05, 3.63) is 18.0 Å². The van der Waals surface area contributed by atoms with E-state index in [-0.39, 0.29) is 36.2 Å². The van der Waals surface area contributed by atoms with Crippen LogP contribution < -0.4 is 10.6 Å². The summed E-state index contributed by atoms with van der Waals surface area (Å²) in [4.78, 5) is 7.71. The maximum atomic E-state index is 12.3. The van der Waals surface area contributed by atoms with Crippen molar-refractivity contribution < 1.29 is 13.5 Å². The van der Waals surface area contributed by atoms with Gasteiger partial charge in [-0.2, -0.15) is 0 Å². The van der Waals surface area contributed by atoms with Gasteiger partial charge in [0.1, 0.15) is 0 Å². The van der Waals surface area contributed by atoms with E-state index >= 15 is 0 Å². The van der Waals surface area contributed by atoms with E-state index in [4.69, 9.17) is 4.74 Å². The Kier molecular flexibility index (Phi) is 6.51. The first-order valence-corrected chi connectivity index (χ1v) is 6.29. The van der Waals surface area contributed by atoms with Crippen LogP contribution in [0.15, 0.2) is 12.4 Å². The van der Waals surface area contributed by atoms with Crippen LogP contribution in [0, 0.1) is 0 Å². The van der Waals surface area contributed by atoms with Crippen LogP contribution in [0.5, 0.6) is 0 Å². The highest BCUT2D eigenvalue weighted by Gasteiger charge is 2.25. The number of alkyl halides is 2. The van der Waals surface area contributed by atoms with E-state index in [2.05, 4.69) is 20.6 Å². The van der Waals surface area contributed by atoms with Gasteiger partial charge >= 0.3 is 0 Å². The zero-order valence-corrected chi connectivity index (χ0v) is 12.2. The smallest absolute Gasteiger partial charge is 0.266 e. The van der Waals surface area contributed by atoms with Crippen molar-refractivity contribution in [3.8, 4) is 0 Å². The molecule has 0 radical (unpaired) electrons. The van der Waals surface area contributed by atoms with Gasteiger partial charge in [0.2, 0.25) is 5.95 Å². The highest BCUT2D eigenvalue weighted by Crippen LogP contribution is 2.17. The van der Waals surface area contributed by atoms with Crippen molar-refractivity contribution >= 4 is 18.4 Å². The number of hydrogen-bond donors (Lipinski definition) is 2. The van der Waals surface area contributed by atoms with Gasteiger partial charge in [0.25, 0.3) is 6.43 Å². The second-order valence-corrected chi connectivity index (χ2v) is 4.69. The van der Waals surface area contributed by atoms with Gasteiger partial charge in [0.15, 0.2) is 0 Å². The standard InChI is InChI=1S/C12H18F2N4O.ClH/c1-7-3-15-10(8(2)19-7)6-18-12-16-4-9(5-17-12)11(13)14;/h4-5,7-8,10-11,15H,3,6H2,1-2H3,(H,16,17,18);1H/t7-,8+,10-;/m1./s1. The molecule has 5 nitrogen and oxygen atoms in total. The van der Waals surface area contributed by atoms with Gasteiger partial charge in [-0.3, -0.25) is 0 Å². The summed E-state index contributed by atoms with van der Waals surface area (Å²) in [5.74, 6) is 0.344. The van der Waals surface area contributed by atoms with Crippen LogP contribution in [-0.4, -0.2) is 41.3 Å². The second-order valence-electron chi connectivity index (χ2n) is 4.69. The van der Waals surface area contributed by atoms with Gasteiger partial charge in [-0.25, -0.2) is 18.7 Å². The Labute approximate surface area is 122 Å². The first-order chi connectivity index (χ1) is 9.06. The molecule has 8 heteroatoms. The largest absolute Gasteiger partial charge is 0.373 e. The minimum Gasteiger partial charge on any atom is -0.373 e. The van der Waals surface area contributed by atoms with Crippen molar-refractivity contribution in [1.82, 2.24) is 15.3 Å². The molecule has 114 valence electrons. The SMILES string of the molecule is C[C@@H]1CN[C@H](CNc2ncc(C(F)F)cn2)[C@H](C)O1.Cl. The molecule has 1 fully saturated rings. The molecule has 0 saturated carbocycles. The van der Waals surface area contributed by atoms with Crippen LogP contribution in [0.1, 0.15) is 25.8 Å². The summed E-state index contributed by atoms with van der Waals surface area (Å²) in [6.07, 6.45) is 0.0143. The minimum atomic E-state index is -2.54. The molecule has 0 spiro atoms. The van der Waals surface area contributed by atoms with Crippen molar-refractivity contribution in [2.75, 3.05) is 18.4 Å². The van der Waals surface area contributed by atoms with Gasteiger partial charge in [0.05, 0.1) is 23.8 Å². The Hall–Kier alpha value is -1.05. The Morgan fingerprint density at radius 1 is 1.40 bits per heavy atom. The number of hydrogen-bond acceptors (Lipinski definition) is 5. The Morgan fingerprint density at radius 3 is 2.60 bits per heavy atom. The quantitative estimate of drug-likeness (QED) is 0.891. The number of aromatic nitrogens is 2. The van der Waals surface area contributed by atoms with Crippen molar-refractivity contribution in [2.24, 2.45) is 0 Å². The van der Waals surface area contributed by atoms with E-state index in [9.17, 15) is 8.78 Å². The lowest BCUT2D eigenvalue weighted by Crippen LogP contribution is -2.53.